The number of ether oxygens (including phenoxy) is 2. The lowest BCUT2D eigenvalue weighted by Gasteiger charge is -2.17. The van der Waals surface area contributed by atoms with Crippen molar-refractivity contribution >= 4 is 29.1 Å². The van der Waals surface area contributed by atoms with Gasteiger partial charge in [0, 0.05) is 5.56 Å². The first kappa shape index (κ1) is 17.4. The van der Waals surface area contributed by atoms with Crippen LogP contribution in [0.1, 0.15) is 18.5 Å². The van der Waals surface area contributed by atoms with Crippen LogP contribution in [-0.2, 0) is 4.79 Å². The second kappa shape index (κ2) is 8.09. The van der Waals surface area contributed by atoms with Gasteiger partial charge in [-0.1, -0.05) is 47.5 Å². The van der Waals surface area contributed by atoms with Crippen molar-refractivity contribution in [3.63, 3.8) is 0 Å². The minimum atomic E-state index is -0.278. The molecule has 0 spiro atoms. The van der Waals surface area contributed by atoms with E-state index in [4.69, 9.17) is 32.7 Å². The fourth-order valence-corrected chi connectivity index (χ4v) is 2.65. The highest BCUT2D eigenvalue weighted by atomic mass is 35.5. The molecule has 0 heterocycles. The van der Waals surface area contributed by atoms with Gasteiger partial charge in [-0.15, -0.1) is 0 Å². The molecule has 0 fully saturated rings. The number of para-hydroxylation sites is 2. The molecule has 0 aliphatic rings. The summed E-state index contributed by atoms with van der Waals surface area (Å²) >= 11 is 12.0. The Kier molecular flexibility index (Phi) is 6.13. The third-order valence-corrected chi connectivity index (χ3v) is 3.84. The summed E-state index contributed by atoms with van der Waals surface area (Å²) in [6.07, 6.45) is 0. The van der Waals surface area contributed by atoms with Gasteiger partial charge < -0.3 is 14.8 Å². The van der Waals surface area contributed by atoms with Gasteiger partial charge in [0.05, 0.1) is 23.2 Å². The lowest BCUT2D eigenvalue weighted by Crippen LogP contribution is -2.31. The molecule has 1 unspecified atom stereocenters. The van der Waals surface area contributed by atoms with Crippen LogP contribution in [0.15, 0.2) is 42.5 Å². The van der Waals surface area contributed by atoms with Crippen LogP contribution >= 0.6 is 23.2 Å². The molecule has 0 saturated carbocycles. The van der Waals surface area contributed by atoms with Gasteiger partial charge in [0.1, 0.15) is 5.75 Å². The van der Waals surface area contributed by atoms with Crippen molar-refractivity contribution in [2.24, 2.45) is 0 Å². The van der Waals surface area contributed by atoms with Crippen LogP contribution < -0.4 is 14.8 Å². The summed E-state index contributed by atoms with van der Waals surface area (Å²) in [7, 11) is 1.59. The largest absolute Gasteiger partial charge is 0.496 e. The number of carbonyl (C=O) groups is 1. The van der Waals surface area contributed by atoms with Gasteiger partial charge >= 0.3 is 0 Å². The van der Waals surface area contributed by atoms with E-state index < -0.39 is 0 Å². The number of rotatable bonds is 6. The zero-order valence-electron chi connectivity index (χ0n) is 12.8. The number of nitrogens with one attached hydrogen (secondary N) is 1. The summed E-state index contributed by atoms with van der Waals surface area (Å²) in [6.45, 7) is 1.70. The molecule has 1 amide bonds. The maximum absolute atomic E-state index is 12.1. The van der Waals surface area contributed by atoms with Crippen molar-refractivity contribution in [3.8, 4) is 11.5 Å². The SMILES string of the molecule is COc1ccccc1C(C)NC(=O)COc1c(Cl)cccc1Cl. The Bertz CT molecular complexity index is 671. The number of methoxy groups -OCH3 is 1. The lowest BCUT2D eigenvalue weighted by molar-refractivity contribution is -0.123. The van der Waals surface area contributed by atoms with E-state index in [2.05, 4.69) is 5.32 Å². The van der Waals surface area contributed by atoms with Crippen LogP contribution in [0.3, 0.4) is 0 Å². The molecule has 4 nitrogen and oxygen atoms in total. The van der Waals surface area contributed by atoms with Crippen molar-refractivity contribution in [2.45, 2.75) is 13.0 Å². The van der Waals surface area contributed by atoms with Gasteiger partial charge in [-0.2, -0.15) is 0 Å². The highest BCUT2D eigenvalue weighted by molar-refractivity contribution is 6.37. The topological polar surface area (TPSA) is 47.6 Å². The van der Waals surface area contributed by atoms with Crippen LogP contribution in [0, 0.1) is 0 Å². The van der Waals surface area contributed by atoms with Crippen LogP contribution in [0.2, 0.25) is 10.0 Å². The third kappa shape index (κ3) is 4.53. The average Bonchev–Trinajstić information content (AvgIpc) is 2.54. The molecule has 1 atom stereocenters. The number of hydrogen-bond donors (Lipinski definition) is 1. The Labute approximate surface area is 145 Å². The molecule has 2 rings (SSSR count). The van der Waals surface area contributed by atoms with E-state index in [1.165, 1.54) is 0 Å². The fourth-order valence-electron chi connectivity index (χ4n) is 2.14. The molecular weight excluding hydrogens is 337 g/mol. The second-order valence-corrected chi connectivity index (χ2v) is 5.69. The molecule has 0 radical (unpaired) electrons. The van der Waals surface area contributed by atoms with Crippen LogP contribution in [0.4, 0.5) is 0 Å². The first-order chi connectivity index (χ1) is 11.0. The summed E-state index contributed by atoms with van der Waals surface area (Å²) in [5.74, 6) is 0.741. The zero-order valence-corrected chi connectivity index (χ0v) is 14.3. The Balaban J connectivity index is 1.97. The molecule has 122 valence electrons. The minimum absolute atomic E-state index is 0.178. The summed E-state index contributed by atoms with van der Waals surface area (Å²) in [5, 5.41) is 3.58. The highest BCUT2D eigenvalue weighted by Crippen LogP contribution is 2.32. The monoisotopic (exact) mass is 353 g/mol. The fraction of sp³-hybridized carbons (Fsp3) is 0.235. The van der Waals surface area contributed by atoms with E-state index in [0.29, 0.717) is 15.8 Å². The molecule has 23 heavy (non-hydrogen) atoms. The van der Waals surface area contributed by atoms with Crippen molar-refractivity contribution in [1.29, 1.82) is 0 Å². The van der Waals surface area contributed by atoms with Crippen molar-refractivity contribution in [3.05, 3.63) is 58.1 Å². The van der Waals surface area contributed by atoms with Crippen molar-refractivity contribution in [2.75, 3.05) is 13.7 Å². The quantitative estimate of drug-likeness (QED) is 0.843. The molecule has 0 aliphatic heterocycles. The zero-order chi connectivity index (χ0) is 16.8. The summed E-state index contributed by atoms with van der Waals surface area (Å²) in [6, 6.07) is 12.3. The van der Waals surface area contributed by atoms with Gasteiger partial charge in [-0.3, -0.25) is 4.79 Å². The molecule has 0 aromatic heterocycles. The van der Waals surface area contributed by atoms with Gasteiger partial charge in [-0.25, -0.2) is 0 Å². The van der Waals surface area contributed by atoms with Gasteiger partial charge in [-0.05, 0) is 25.1 Å². The summed E-state index contributed by atoms with van der Waals surface area (Å²) < 4.78 is 10.7. The Morgan fingerprint density at radius 1 is 1.13 bits per heavy atom. The van der Waals surface area contributed by atoms with Crippen LogP contribution in [0.25, 0.3) is 0 Å². The van der Waals surface area contributed by atoms with E-state index in [1.807, 2.05) is 31.2 Å². The van der Waals surface area contributed by atoms with E-state index >= 15 is 0 Å². The normalized spacial score (nSPS) is 11.7. The van der Waals surface area contributed by atoms with Gasteiger partial charge in [0.25, 0.3) is 5.91 Å². The molecule has 2 aromatic carbocycles. The number of benzene rings is 2. The Hall–Kier alpha value is -1.91. The van der Waals surface area contributed by atoms with Crippen molar-refractivity contribution in [1.82, 2.24) is 5.32 Å². The second-order valence-electron chi connectivity index (χ2n) is 4.87. The van der Waals surface area contributed by atoms with Crippen LogP contribution in [-0.4, -0.2) is 19.6 Å². The van der Waals surface area contributed by atoms with E-state index in [-0.39, 0.29) is 18.6 Å². The maximum atomic E-state index is 12.1. The van der Waals surface area contributed by atoms with E-state index in [9.17, 15) is 4.79 Å². The molecule has 0 saturated heterocycles. The third-order valence-electron chi connectivity index (χ3n) is 3.25. The highest BCUT2D eigenvalue weighted by Gasteiger charge is 2.15. The molecule has 0 bridgehead atoms. The predicted molar refractivity (Wildman–Crippen MR) is 91.5 cm³/mol. The lowest BCUT2D eigenvalue weighted by atomic mass is 10.1. The van der Waals surface area contributed by atoms with Crippen LogP contribution in [0.5, 0.6) is 11.5 Å². The number of halogens is 2. The molecule has 6 heteroatoms. The van der Waals surface area contributed by atoms with E-state index in [1.54, 1.807) is 25.3 Å². The predicted octanol–water partition coefficient (Wildman–Crippen LogP) is 4.26. The molecule has 0 aliphatic carbocycles. The molecule has 2 aromatic rings. The molecular formula is C17H17Cl2NO3. The standard InChI is InChI=1S/C17H17Cl2NO3/c1-11(12-6-3-4-9-15(12)22-2)20-16(21)10-23-17-13(18)7-5-8-14(17)19/h3-9,11H,10H2,1-2H3,(H,20,21). The van der Waals surface area contributed by atoms with Gasteiger partial charge in [0.2, 0.25) is 0 Å². The summed E-state index contributed by atoms with van der Waals surface area (Å²) in [5.41, 5.74) is 0.888. The number of hydrogen-bond acceptors (Lipinski definition) is 3. The maximum Gasteiger partial charge on any atom is 0.258 e. The Morgan fingerprint density at radius 2 is 1.78 bits per heavy atom. The Morgan fingerprint density at radius 3 is 2.43 bits per heavy atom. The van der Waals surface area contributed by atoms with Gasteiger partial charge in [0.15, 0.2) is 12.4 Å². The molecule has 1 N–H and O–H groups in total. The van der Waals surface area contributed by atoms with Crippen molar-refractivity contribution < 1.29 is 14.3 Å². The smallest absolute Gasteiger partial charge is 0.258 e. The number of carbonyl (C=O) groups excluding carboxylic acids is 1. The van der Waals surface area contributed by atoms with E-state index in [0.717, 1.165) is 11.3 Å². The first-order valence-corrected chi connectivity index (χ1v) is 7.77. The number of amides is 1. The minimum Gasteiger partial charge on any atom is -0.496 e. The summed E-state index contributed by atoms with van der Waals surface area (Å²) in [4.78, 5) is 12.1. The first-order valence-electron chi connectivity index (χ1n) is 7.02. The average molecular weight is 354 g/mol.